The van der Waals surface area contributed by atoms with E-state index in [1.54, 1.807) is 18.0 Å². The summed E-state index contributed by atoms with van der Waals surface area (Å²) in [4.78, 5) is 14.2. The van der Waals surface area contributed by atoms with E-state index >= 15 is 0 Å². The number of carbonyl (C=O) groups is 1. The molecule has 0 heterocycles. The number of hydrazone groups is 1. The van der Waals surface area contributed by atoms with Crippen LogP contribution in [-0.4, -0.2) is 12.1 Å². The van der Waals surface area contributed by atoms with Crippen LogP contribution in [0.3, 0.4) is 0 Å². The number of halogens is 1. The number of carbonyl (C=O) groups excluding carboxylic acids is 1. The van der Waals surface area contributed by atoms with Crippen molar-refractivity contribution in [3.8, 4) is 0 Å². The highest BCUT2D eigenvalue weighted by molar-refractivity contribution is 7.99. The first-order valence-corrected chi connectivity index (χ1v) is 8.85. The highest BCUT2D eigenvalue weighted by Crippen LogP contribution is 2.27. The topological polar surface area (TPSA) is 41.5 Å². The van der Waals surface area contributed by atoms with Gasteiger partial charge < -0.3 is 0 Å². The minimum atomic E-state index is -0.455. The zero-order chi connectivity index (χ0) is 18.4. The predicted molar refractivity (Wildman–Crippen MR) is 103 cm³/mol. The van der Waals surface area contributed by atoms with Crippen LogP contribution < -0.4 is 5.43 Å². The summed E-state index contributed by atoms with van der Waals surface area (Å²) in [6, 6.07) is 21.7. The Morgan fingerprint density at radius 3 is 2.31 bits per heavy atom. The van der Waals surface area contributed by atoms with Crippen molar-refractivity contribution in [1.82, 2.24) is 5.43 Å². The molecule has 1 amide bonds. The van der Waals surface area contributed by atoms with E-state index in [1.807, 2.05) is 24.3 Å². The third kappa shape index (κ3) is 5.04. The van der Waals surface area contributed by atoms with Crippen molar-refractivity contribution in [2.45, 2.75) is 16.7 Å². The van der Waals surface area contributed by atoms with E-state index in [9.17, 15) is 9.18 Å². The van der Waals surface area contributed by atoms with Crippen molar-refractivity contribution < 1.29 is 9.18 Å². The maximum atomic E-state index is 13.1. The van der Waals surface area contributed by atoms with Crippen molar-refractivity contribution in [1.29, 1.82) is 0 Å². The van der Waals surface area contributed by atoms with Gasteiger partial charge in [-0.1, -0.05) is 47.7 Å². The van der Waals surface area contributed by atoms with Crippen LogP contribution in [0, 0.1) is 12.7 Å². The number of nitrogens with one attached hydrogen (secondary N) is 1. The lowest BCUT2D eigenvalue weighted by molar-refractivity contribution is 0.0954. The molecule has 0 aliphatic heterocycles. The van der Waals surface area contributed by atoms with E-state index in [0.29, 0.717) is 0 Å². The van der Waals surface area contributed by atoms with Crippen molar-refractivity contribution in [2.24, 2.45) is 5.10 Å². The van der Waals surface area contributed by atoms with Crippen LogP contribution in [0.2, 0.25) is 0 Å². The molecule has 0 aromatic heterocycles. The normalized spacial score (nSPS) is 10.8. The molecule has 0 aliphatic carbocycles. The molecule has 130 valence electrons. The standard InChI is InChI=1S/C21H17FN2OS/c1-15-5-9-19(10-6-15)26-20-11-7-16(8-12-20)14-23-24-21(25)17-3-2-4-18(22)13-17/h2-14H,1H3,(H,24,25)/b23-14-. The third-order valence-electron chi connectivity index (χ3n) is 3.60. The first kappa shape index (κ1) is 17.9. The second-order valence-corrected chi connectivity index (χ2v) is 6.84. The lowest BCUT2D eigenvalue weighted by Crippen LogP contribution is -2.17. The maximum Gasteiger partial charge on any atom is 0.271 e. The number of benzene rings is 3. The lowest BCUT2D eigenvalue weighted by atomic mass is 10.2. The molecule has 0 saturated heterocycles. The third-order valence-corrected chi connectivity index (χ3v) is 4.62. The molecular weight excluding hydrogens is 347 g/mol. The first-order valence-electron chi connectivity index (χ1n) is 8.04. The zero-order valence-corrected chi connectivity index (χ0v) is 15.0. The fourth-order valence-corrected chi connectivity index (χ4v) is 3.04. The fourth-order valence-electron chi connectivity index (χ4n) is 2.22. The number of hydrogen-bond acceptors (Lipinski definition) is 3. The van der Waals surface area contributed by atoms with Gasteiger partial charge in [0.05, 0.1) is 6.21 Å². The minimum absolute atomic E-state index is 0.229. The van der Waals surface area contributed by atoms with E-state index in [4.69, 9.17) is 0 Å². The summed E-state index contributed by atoms with van der Waals surface area (Å²) >= 11 is 1.68. The van der Waals surface area contributed by atoms with E-state index in [0.717, 1.165) is 10.5 Å². The van der Waals surface area contributed by atoms with Crippen molar-refractivity contribution in [3.63, 3.8) is 0 Å². The molecular formula is C21H17FN2OS. The Kier molecular flexibility index (Phi) is 5.81. The molecule has 5 heteroatoms. The van der Waals surface area contributed by atoms with Crippen molar-refractivity contribution in [3.05, 3.63) is 95.3 Å². The summed E-state index contributed by atoms with van der Waals surface area (Å²) in [5.41, 5.74) is 4.72. The van der Waals surface area contributed by atoms with Gasteiger partial charge in [-0.2, -0.15) is 5.10 Å². The summed E-state index contributed by atoms with van der Waals surface area (Å²) in [5, 5.41) is 3.92. The molecule has 0 radical (unpaired) electrons. The van der Waals surface area contributed by atoms with Gasteiger partial charge >= 0.3 is 0 Å². The Balaban J connectivity index is 1.57. The number of hydrogen-bond donors (Lipinski definition) is 1. The number of amides is 1. The molecule has 26 heavy (non-hydrogen) atoms. The van der Waals surface area contributed by atoms with Gasteiger partial charge in [0.15, 0.2) is 0 Å². The number of nitrogens with zero attached hydrogens (tertiary/aromatic N) is 1. The monoisotopic (exact) mass is 364 g/mol. The van der Waals surface area contributed by atoms with E-state index < -0.39 is 11.7 Å². The lowest BCUT2D eigenvalue weighted by Gasteiger charge is -2.03. The highest BCUT2D eigenvalue weighted by Gasteiger charge is 2.04. The molecule has 0 aliphatic rings. The zero-order valence-electron chi connectivity index (χ0n) is 14.1. The van der Waals surface area contributed by atoms with Crippen LogP contribution in [0.25, 0.3) is 0 Å². The van der Waals surface area contributed by atoms with Gasteiger partial charge in [0.25, 0.3) is 5.91 Å². The molecule has 0 saturated carbocycles. The Morgan fingerprint density at radius 2 is 1.65 bits per heavy atom. The summed E-state index contributed by atoms with van der Waals surface area (Å²) in [5.74, 6) is -0.907. The van der Waals surface area contributed by atoms with Crippen LogP contribution in [0.1, 0.15) is 21.5 Å². The van der Waals surface area contributed by atoms with Gasteiger partial charge in [-0.05, 0) is 55.0 Å². The van der Waals surface area contributed by atoms with Crippen LogP contribution in [0.5, 0.6) is 0 Å². The SMILES string of the molecule is Cc1ccc(Sc2ccc(/C=N\NC(=O)c3cccc(F)c3)cc2)cc1. The summed E-state index contributed by atoms with van der Waals surface area (Å²) in [7, 11) is 0. The quantitative estimate of drug-likeness (QED) is 0.508. The fraction of sp³-hybridized carbons (Fsp3) is 0.0476. The molecule has 0 fully saturated rings. The van der Waals surface area contributed by atoms with Crippen LogP contribution in [0.4, 0.5) is 4.39 Å². The Hall–Kier alpha value is -2.92. The Bertz CT molecular complexity index is 922. The van der Waals surface area contributed by atoms with E-state index in [1.165, 1.54) is 34.7 Å². The van der Waals surface area contributed by atoms with E-state index in [2.05, 4.69) is 41.7 Å². The molecule has 1 N–H and O–H groups in total. The van der Waals surface area contributed by atoms with Gasteiger partial charge in [0, 0.05) is 15.4 Å². The van der Waals surface area contributed by atoms with Gasteiger partial charge in [-0.15, -0.1) is 0 Å². The molecule has 0 bridgehead atoms. The van der Waals surface area contributed by atoms with Crippen molar-refractivity contribution in [2.75, 3.05) is 0 Å². The molecule has 3 rings (SSSR count). The van der Waals surface area contributed by atoms with Gasteiger partial charge in [-0.25, -0.2) is 9.82 Å². The average molecular weight is 364 g/mol. The van der Waals surface area contributed by atoms with Crippen LogP contribution in [-0.2, 0) is 0 Å². The van der Waals surface area contributed by atoms with Gasteiger partial charge in [-0.3, -0.25) is 4.79 Å². The summed E-state index contributed by atoms with van der Waals surface area (Å²) in [6.45, 7) is 2.07. The molecule has 0 spiro atoms. The predicted octanol–water partition coefficient (Wildman–Crippen LogP) is 5.05. The second-order valence-electron chi connectivity index (χ2n) is 5.69. The maximum absolute atomic E-state index is 13.1. The molecule has 3 aromatic rings. The molecule has 0 atom stereocenters. The summed E-state index contributed by atoms with van der Waals surface area (Å²) < 4.78 is 13.1. The summed E-state index contributed by atoms with van der Waals surface area (Å²) in [6.07, 6.45) is 1.55. The van der Waals surface area contributed by atoms with Crippen molar-refractivity contribution >= 4 is 23.9 Å². The highest BCUT2D eigenvalue weighted by atomic mass is 32.2. The Labute approximate surface area is 156 Å². The minimum Gasteiger partial charge on any atom is -0.267 e. The largest absolute Gasteiger partial charge is 0.271 e. The number of rotatable bonds is 5. The average Bonchev–Trinajstić information content (AvgIpc) is 2.65. The van der Waals surface area contributed by atoms with Crippen LogP contribution >= 0.6 is 11.8 Å². The Morgan fingerprint density at radius 1 is 1.00 bits per heavy atom. The van der Waals surface area contributed by atoms with Gasteiger partial charge in [0.1, 0.15) is 5.82 Å². The van der Waals surface area contributed by atoms with Crippen LogP contribution in [0.15, 0.2) is 87.7 Å². The molecule has 3 nitrogen and oxygen atoms in total. The first-order chi connectivity index (χ1) is 12.6. The second kappa shape index (κ2) is 8.45. The number of aryl methyl sites for hydroxylation is 1. The molecule has 3 aromatic carbocycles. The van der Waals surface area contributed by atoms with E-state index in [-0.39, 0.29) is 5.56 Å². The van der Waals surface area contributed by atoms with Gasteiger partial charge in [0.2, 0.25) is 0 Å². The smallest absolute Gasteiger partial charge is 0.267 e. The molecule has 0 unspecified atom stereocenters.